The molecule has 3 rings (SSSR count). The van der Waals surface area contributed by atoms with Gasteiger partial charge in [0.25, 0.3) is 5.91 Å². The lowest BCUT2D eigenvalue weighted by Crippen LogP contribution is -2.33. The number of pyridine rings is 1. The van der Waals surface area contributed by atoms with Gasteiger partial charge in [-0.1, -0.05) is 6.07 Å². The van der Waals surface area contributed by atoms with Crippen LogP contribution >= 0.6 is 0 Å². The van der Waals surface area contributed by atoms with Crippen molar-refractivity contribution in [1.29, 1.82) is 0 Å². The van der Waals surface area contributed by atoms with Crippen LogP contribution in [0.3, 0.4) is 0 Å². The Morgan fingerprint density at radius 2 is 2.20 bits per heavy atom. The van der Waals surface area contributed by atoms with Crippen LogP contribution in [0.4, 0.5) is 0 Å². The number of rotatable bonds is 3. The summed E-state index contributed by atoms with van der Waals surface area (Å²) in [7, 11) is 0. The Balaban J connectivity index is 1.69. The fraction of sp³-hybridized carbons (Fsp3) is 0.357. The monoisotopic (exact) mass is 273 g/mol. The summed E-state index contributed by atoms with van der Waals surface area (Å²) in [5.41, 5.74) is 1.07. The smallest absolute Gasteiger partial charge is 0.306 e. The van der Waals surface area contributed by atoms with Gasteiger partial charge in [-0.15, -0.1) is 0 Å². The number of hydrogen-bond donors (Lipinski definition) is 2. The van der Waals surface area contributed by atoms with Crippen molar-refractivity contribution in [2.24, 2.45) is 5.92 Å². The Hall–Kier alpha value is -2.37. The van der Waals surface area contributed by atoms with E-state index in [-0.39, 0.29) is 17.9 Å². The molecule has 0 aliphatic heterocycles. The molecule has 2 atom stereocenters. The van der Waals surface area contributed by atoms with E-state index in [1.165, 1.54) is 0 Å². The number of carboxylic acids is 1. The molecule has 104 valence electrons. The summed E-state index contributed by atoms with van der Waals surface area (Å²) < 4.78 is 1.78. The predicted molar refractivity (Wildman–Crippen MR) is 71.4 cm³/mol. The summed E-state index contributed by atoms with van der Waals surface area (Å²) in [4.78, 5) is 27.2. The summed E-state index contributed by atoms with van der Waals surface area (Å²) in [5, 5.41) is 11.8. The van der Waals surface area contributed by atoms with Crippen molar-refractivity contribution in [3.63, 3.8) is 0 Å². The van der Waals surface area contributed by atoms with Crippen molar-refractivity contribution in [2.75, 3.05) is 0 Å². The molecule has 2 N–H and O–H groups in total. The Morgan fingerprint density at radius 3 is 2.90 bits per heavy atom. The Morgan fingerprint density at radius 1 is 1.35 bits per heavy atom. The fourth-order valence-electron chi connectivity index (χ4n) is 2.64. The first-order chi connectivity index (χ1) is 9.63. The van der Waals surface area contributed by atoms with Crippen LogP contribution in [0.1, 0.15) is 29.8 Å². The summed E-state index contributed by atoms with van der Waals surface area (Å²) in [6.45, 7) is 0. The van der Waals surface area contributed by atoms with Gasteiger partial charge in [-0.05, 0) is 31.4 Å². The number of fused-ring (bicyclic) bond motifs is 1. The number of carboxylic acid groups (broad SMARTS) is 1. The molecule has 1 aliphatic carbocycles. The molecular formula is C14H15N3O3. The largest absolute Gasteiger partial charge is 0.481 e. The highest BCUT2D eigenvalue weighted by atomic mass is 16.4. The molecule has 2 unspecified atom stereocenters. The molecule has 0 saturated heterocycles. The first kappa shape index (κ1) is 12.7. The Labute approximate surface area is 115 Å². The van der Waals surface area contributed by atoms with E-state index < -0.39 is 5.97 Å². The number of amides is 1. The molecule has 2 aromatic rings. The van der Waals surface area contributed by atoms with Gasteiger partial charge in [0.1, 0.15) is 11.3 Å². The lowest BCUT2D eigenvalue weighted by molar-refractivity contribution is -0.141. The average Bonchev–Trinajstić information content (AvgIpc) is 3.04. The molecule has 6 nitrogen and oxygen atoms in total. The highest BCUT2D eigenvalue weighted by Gasteiger charge is 2.30. The van der Waals surface area contributed by atoms with E-state index >= 15 is 0 Å². The zero-order valence-corrected chi connectivity index (χ0v) is 10.8. The molecule has 1 saturated carbocycles. The predicted octanol–water partition coefficient (Wildman–Crippen LogP) is 1.32. The molecule has 1 aliphatic rings. The van der Waals surface area contributed by atoms with Crippen LogP contribution in [-0.2, 0) is 4.79 Å². The van der Waals surface area contributed by atoms with Gasteiger partial charge in [0.2, 0.25) is 0 Å². The normalized spacial score (nSPS) is 22.0. The molecule has 1 fully saturated rings. The third kappa shape index (κ3) is 2.36. The molecule has 2 heterocycles. The van der Waals surface area contributed by atoms with Crippen LogP contribution in [0.2, 0.25) is 0 Å². The number of hydrogen-bond acceptors (Lipinski definition) is 3. The van der Waals surface area contributed by atoms with Crippen LogP contribution in [0, 0.1) is 5.92 Å². The average molecular weight is 273 g/mol. The van der Waals surface area contributed by atoms with Gasteiger partial charge in [-0.25, -0.2) is 4.98 Å². The van der Waals surface area contributed by atoms with Gasteiger partial charge >= 0.3 is 5.97 Å². The molecule has 2 aromatic heterocycles. The van der Waals surface area contributed by atoms with E-state index in [0.29, 0.717) is 30.6 Å². The number of nitrogens with zero attached hydrogens (tertiary/aromatic N) is 2. The van der Waals surface area contributed by atoms with Gasteiger partial charge in [-0.3, -0.25) is 9.59 Å². The van der Waals surface area contributed by atoms with Crippen LogP contribution in [0.15, 0.2) is 30.6 Å². The Kier molecular flexibility index (Phi) is 3.14. The maximum atomic E-state index is 12.1. The van der Waals surface area contributed by atoms with Crippen molar-refractivity contribution >= 4 is 17.5 Å². The number of carbonyl (C=O) groups is 2. The van der Waals surface area contributed by atoms with E-state index in [2.05, 4.69) is 10.3 Å². The van der Waals surface area contributed by atoms with E-state index in [1.807, 2.05) is 24.4 Å². The van der Waals surface area contributed by atoms with Crippen molar-refractivity contribution < 1.29 is 14.7 Å². The molecule has 0 aromatic carbocycles. The van der Waals surface area contributed by atoms with Crippen molar-refractivity contribution in [1.82, 2.24) is 14.7 Å². The maximum absolute atomic E-state index is 12.1. The maximum Gasteiger partial charge on any atom is 0.306 e. The zero-order valence-electron chi connectivity index (χ0n) is 10.8. The summed E-state index contributed by atoms with van der Waals surface area (Å²) in [6, 6.07) is 5.48. The van der Waals surface area contributed by atoms with Gasteiger partial charge < -0.3 is 14.8 Å². The van der Waals surface area contributed by atoms with E-state index in [0.717, 1.165) is 0 Å². The molecule has 0 bridgehead atoms. The molecule has 0 radical (unpaired) electrons. The second-order valence-corrected chi connectivity index (χ2v) is 5.11. The summed E-state index contributed by atoms with van der Waals surface area (Å²) in [5.74, 6) is -1.37. The number of aliphatic carboxylic acids is 1. The highest BCUT2D eigenvalue weighted by molar-refractivity contribution is 5.93. The second-order valence-electron chi connectivity index (χ2n) is 5.11. The van der Waals surface area contributed by atoms with Gasteiger partial charge in [0.05, 0.1) is 5.92 Å². The van der Waals surface area contributed by atoms with E-state index in [4.69, 9.17) is 5.11 Å². The summed E-state index contributed by atoms with van der Waals surface area (Å²) in [6.07, 6.45) is 5.32. The first-order valence-corrected chi connectivity index (χ1v) is 6.61. The van der Waals surface area contributed by atoms with Crippen LogP contribution in [-0.4, -0.2) is 32.4 Å². The third-order valence-electron chi connectivity index (χ3n) is 3.71. The molecule has 1 amide bonds. The van der Waals surface area contributed by atoms with Gasteiger partial charge in [0.15, 0.2) is 0 Å². The minimum atomic E-state index is -0.783. The zero-order chi connectivity index (χ0) is 14.1. The minimum Gasteiger partial charge on any atom is -0.481 e. The molecule has 6 heteroatoms. The molecule has 20 heavy (non-hydrogen) atoms. The standard InChI is InChI=1S/C14H15N3O3/c18-13(15-10-5-4-9(7-10)14(19)20)11-8-17-6-2-1-3-12(17)16-11/h1-3,6,8-10H,4-5,7H2,(H,15,18)(H,19,20). The van der Waals surface area contributed by atoms with Crippen LogP contribution in [0.25, 0.3) is 5.65 Å². The fourth-order valence-corrected chi connectivity index (χ4v) is 2.64. The molecular weight excluding hydrogens is 258 g/mol. The topological polar surface area (TPSA) is 83.7 Å². The van der Waals surface area contributed by atoms with E-state index in [9.17, 15) is 9.59 Å². The van der Waals surface area contributed by atoms with Gasteiger partial charge in [-0.2, -0.15) is 0 Å². The molecule has 0 spiro atoms. The van der Waals surface area contributed by atoms with Crippen LogP contribution in [0.5, 0.6) is 0 Å². The SMILES string of the molecule is O=C(NC1CCC(C(=O)O)C1)c1cn2ccccc2n1. The van der Waals surface area contributed by atoms with Crippen molar-refractivity contribution in [2.45, 2.75) is 25.3 Å². The van der Waals surface area contributed by atoms with Gasteiger partial charge in [0, 0.05) is 18.4 Å². The lowest BCUT2D eigenvalue weighted by atomic mass is 10.1. The number of carbonyl (C=O) groups excluding carboxylic acids is 1. The Bertz CT molecular complexity index is 631. The minimum absolute atomic E-state index is 0.0755. The number of nitrogens with one attached hydrogen (secondary N) is 1. The lowest BCUT2D eigenvalue weighted by Gasteiger charge is -2.10. The third-order valence-corrected chi connectivity index (χ3v) is 3.71. The first-order valence-electron chi connectivity index (χ1n) is 6.61. The second kappa shape index (κ2) is 4.96. The number of imidazole rings is 1. The quantitative estimate of drug-likeness (QED) is 0.883. The van der Waals surface area contributed by atoms with Crippen molar-refractivity contribution in [3.8, 4) is 0 Å². The number of aromatic nitrogens is 2. The summed E-state index contributed by atoms with van der Waals surface area (Å²) >= 11 is 0. The highest BCUT2D eigenvalue weighted by Crippen LogP contribution is 2.25. The van der Waals surface area contributed by atoms with E-state index in [1.54, 1.807) is 10.6 Å². The van der Waals surface area contributed by atoms with Crippen molar-refractivity contribution in [3.05, 3.63) is 36.3 Å². The van der Waals surface area contributed by atoms with Crippen LogP contribution < -0.4 is 5.32 Å².